The fourth-order valence-electron chi connectivity index (χ4n) is 1.21. The Kier molecular flexibility index (Phi) is 6.77. The highest BCUT2D eigenvalue weighted by Crippen LogP contribution is 2.17. The van der Waals surface area contributed by atoms with Crippen LogP contribution in [0.25, 0.3) is 0 Å². The fraction of sp³-hybridized carbons (Fsp3) is 0.917. The molecule has 0 bridgehead atoms. The summed E-state index contributed by atoms with van der Waals surface area (Å²) in [5, 5.41) is 3.17. The van der Waals surface area contributed by atoms with Gasteiger partial charge < -0.3 is 14.8 Å². The number of hydrogen-bond acceptors (Lipinski definition) is 3. The molecule has 3 heteroatoms. The molecule has 0 aliphatic carbocycles. The van der Waals surface area contributed by atoms with E-state index in [9.17, 15) is 4.79 Å². The highest BCUT2D eigenvalue weighted by molar-refractivity contribution is 5.75. The zero-order valence-corrected chi connectivity index (χ0v) is 10.7. The van der Waals surface area contributed by atoms with Crippen LogP contribution < -0.4 is 5.32 Å². The maximum absolute atomic E-state index is 10.9. The van der Waals surface area contributed by atoms with E-state index in [1.807, 2.05) is 20.9 Å². The minimum absolute atomic E-state index is 0.181. The molecule has 0 aliphatic heterocycles. The first-order chi connectivity index (χ1) is 6.87. The third-order valence-corrected chi connectivity index (χ3v) is 2.62. The van der Waals surface area contributed by atoms with Crippen LogP contribution in [0, 0.1) is 0 Å². The lowest BCUT2D eigenvalue weighted by atomic mass is 10.0. The summed E-state index contributed by atoms with van der Waals surface area (Å²) in [6, 6.07) is 0.480. The van der Waals surface area contributed by atoms with Gasteiger partial charge in [0.05, 0.1) is 5.60 Å². The molecule has 1 N–H and O–H groups in total. The third-order valence-electron chi connectivity index (χ3n) is 2.62. The minimum Gasteiger partial charge on any atom is -0.376 e. The smallest absolute Gasteiger partial charge is 0.129 e. The highest BCUT2D eigenvalue weighted by Gasteiger charge is 2.18. The van der Waals surface area contributed by atoms with Gasteiger partial charge in [-0.15, -0.1) is 0 Å². The summed E-state index contributed by atoms with van der Waals surface area (Å²) in [5.41, 5.74) is -0.181. The molecule has 0 fully saturated rings. The Morgan fingerprint density at radius 1 is 1.47 bits per heavy atom. The predicted octanol–water partition coefficient (Wildman–Crippen LogP) is 2.15. The van der Waals surface area contributed by atoms with Crippen molar-refractivity contribution in [3.05, 3.63) is 0 Å². The second kappa shape index (κ2) is 6.96. The normalized spacial score (nSPS) is 13.9. The van der Waals surface area contributed by atoms with Gasteiger partial charge in [-0.3, -0.25) is 0 Å². The lowest BCUT2D eigenvalue weighted by Gasteiger charge is -2.25. The van der Waals surface area contributed by atoms with E-state index in [0.29, 0.717) is 12.5 Å². The third kappa shape index (κ3) is 8.58. The number of carbonyl (C=O) groups excluding carboxylic acids is 1. The number of nitrogens with one attached hydrogen (secondary N) is 1. The van der Waals surface area contributed by atoms with Crippen LogP contribution in [0.1, 0.15) is 47.0 Å². The number of hydrogen-bond donors (Lipinski definition) is 1. The van der Waals surface area contributed by atoms with Gasteiger partial charge in [0.2, 0.25) is 0 Å². The summed E-state index contributed by atoms with van der Waals surface area (Å²) in [4.78, 5) is 10.9. The van der Waals surface area contributed by atoms with Gasteiger partial charge >= 0.3 is 0 Å². The van der Waals surface area contributed by atoms with Crippen molar-refractivity contribution in [3.63, 3.8) is 0 Å². The van der Waals surface area contributed by atoms with Crippen LogP contribution >= 0.6 is 0 Å². The van der Waals surface area contributed by atoms with Crippen LogP contribution in [-0.2, 0) is 9.53 Å². The van der Waals surface area contributed by atoms with E-state index in [2.05, 4.69) is 12.2 Å². The van der Waals surface area contributed by atoms with E-state index in [0.717, 1.165) is 19.4 Å². The molecule has 0 aromatic carbocycles. The fourth-order valence-corrected chi connectivity index (χ4v) is 1.21. The molecular formula is C12H25NO2. The number of ether oxygens (including phenoxy) is 1. The lowest BCUT2D eigenvalue weighted by Crippen LogP contribution is -2.29. The van der Waals surface area contributed by atoms with Gasteiger partial charge in [0.25, 0.3) is 0 Å². The van der Waals surface area contributed by atoms with Crippen LogP contribution in [0.3, 0.4) is 0 Å². The summed E-state index contributed by atoms with van der Waals surface area (Å²) in [5.74, 6) is 0.232. The van der Waals surface area contributed by atoms with Gasteiger partial charge in [-0.25, -0.2) is 0 Å². The SMILES string of the molecule is CNC(C)CCOC(C)(C)CCC(C)=O. The molecule has 0 rings (SSSR count). The minimum atomic E-state index is -0.181. The van der Waals surface area contributed by atoms with Gasteiger partial charge in [0.1, 0.15) is 5.78 Å². The summed E-state index contributed by atoms with van der Waals surface area (Å²) in [6.07, 6.45) is 2.41. The summed E-state index contributed by atoms with van der Waals surface area (Å²) >= 11 is 0. The van der Waals surface area contributed by atoms with E-state index in [4.69, 9.17) is 4.74 Å². The van der Waals surface area contributed by atoms with Gasteiger partial charge in [0.15, 0.2) is 0 Å². The average Bonchev–Trinajstić information content (AvgIpc) is 2.14. The Labute approximate surface area is 93.6 Å². The Hall–Kier alpha value is -0.410. The Morgan fingerprint density at radius 3 is 2.53 bits per heavy atom. The first-order valence-corrected chi connectivity index (χ1v) is 5.68. The molecule has 0 spiro atoms. The number of ketones is 1. The Morgan fingerprint density at radius 2 is 2.07 bits per heavy atom. The molecule has 0 aromatic rings. The van der Waals surface area contributed by atoms with Gasteiger partial charge in [0, 0.05) is 19.1 Å². The Bertz CT molecular complexity index is 190. The molecule has 0 amide bonds. The predicted molar refractivity (Wildman–Crippen MR) is 63.1 cm³/mol. The van der Waals surface area contributed by atoms with Crippen molar-refractivity contribution in [1.82, 2.24) is 5.32 Å². The van der Waals surface area contributed by atoms with Gasteiger partial charge in [-0.2, -0.15) is 0 Å². The molecule has 0 saturated carbocycles. The molecule has 90 valence electrons. The molecule has 0 aliphatic rings. The van der Waals surface area contributed by atoms with E-state index in [1.165, 1.54) is 0 Å². The quantitative estimate of drug-likeness (QED) is 0.674. The van der Waals surface area contributed by atoms with Crippen LogP contribution in [0.15, 0.2) is 0 Å². The first kappa shape index (κ1) is 14.6. The molecule has 1 atom stereocenters. The lowest BCUT2D eigenvalue weighted by molar-refractivity contribution is -0.118. The molecule has 3 nitrogen and oxygen atoms in total. The molecule has 0 radical (unpaired) electrons. The van der Waals surface area contributed by atoms with Crippen LogP contribution in [0.2, 0.25) is 0 Å². The first-order valence-electron chi connectivity index (χ1n) is 5.68. The molecule has 0 aromatic heterocycles. The molecule has 0 heterocycles. The van der Waals surface area contributed by atoms with E-state index in [1.54, 1.807) is 6.92 Å². The van der Waals surface area contributed by atoms with Gasteiger partial charge in [-0.1, -0.05) is 0 Å². The molecular weight excluding hydrogens is 190 g/mol. The number of rotatable bonds is 8. The Balaban J connectivity index is 3.68. The molecule has 15 heavy (non-hydrogen) atoms. The highest BCUT2D eigenvalue weighted by atomic mass is 16.5. The zero-order valence-electron chi connectivity index (χ0n) is 10.7. The summed E-state index contributed by atoms with van der Waals surface area (Å²) in [7, 11) is 1.95. The van der Waals surface area contributed by atoms with Crippen molar-refractivity contribution in [2.75, 3.05) is 13.7 Å². The van der Waals surface area contributed by atoms with Crippen molar-refractivity contribution in [3.8, 4) is 0 Å². The van der Waals surface area contributed by atoms with Crippen molar-refractivity contribution >= 4 is 5.78 Å². The maximum atomic E-state index is 10.9. The second-order valence-corrected chi connectivity index (χ2v) is 4.79. The van der Waals surface area contributed by atoms with Crippen molar-refractivity contribution < 1.29 is 9.53 Å². The van der Waals surface area contributed by atoms with Crippen LogP contribution in [0.4, 0.5) is 0 Å². The molecule has 1 unspecified atom stereocenters. The molecule has 0 saturated heterocycles. The van der Waals surface area contributed by atoms with E-state index < -0.39 is 0 Å². The topological polar surface area (TPSA) is 38.3 Å². The van der Waals surface area contributed by atoms with Crippen molar-refractivity contribution in [2.45, 2.75) is 58.6 Å². The van der Waals surface area contributed by atoms with Crippen molar-refractivity contribution in [2.24, 2.45) is 0 Å². The number of carbonyl (C=O) groups is 1. The monoisotopic (exact) mass is 215 g/mol. The zero-order chi connectivity index (χ0) is 11.9. The van der Waals surface area contributed by atoms with Crippen molar-refractivity contribution in [1.29, 1.82) is 0 Å². The van der Waals surface area contributed by atoms with Crippen LogP contribution in [-0.4, -0.2) is 31.1 Å². The summed E-state index contributed by atoms with van der Waals surface area (Å²) in [6.45, 7) is 8.58. The summed E-state index contributed by atoms with van der Waals surface area (Å²) < 4.78 is 5.76. The van der Waals surface area contributed by atoms with E-state index in [-0.39, 0.29) is 11.4 Å². The van der Waals surface area contributed by atoms with Gasteiger partial charge in [-0.05, 0) is 47.6 Å². The maximum Gasteiger partial charge on any atom is 0.129 e. The van der Waals surface area contributed by atoms with E-state index >= 15 is 0 Å². The average molecular weight is 215 g/mol. The second-order valence-electron chi connectivity index (χ2n) is 4.79. The van der Waals surface area contributed by atoms with Crippen LogP contribution in [0.5, 0.6) is 0 Å². The standard InChI is InChI=1S/C12H25NO2/c1-10(13-5)7-9-15-12(3,4)8-6-11(2)14/h10,13H,6-9H2,1-5H3. The largest absolute Gasteiger partial charge is 0.376 e. The number of Topliss-reactive ketones (excluding diaryl/α,β-unsaturated/α-hetero) is 1.